The second kappa shape index (κ2) is 14.7. The van der Waals surface area contributed by atoms with E-state index in [4.69, 9.17) is 0 Å². The third-order valence-electron chi connectivity index (χ3n) is 11.7. The Morgan fingerprint density at radius 3 is 2.14 bits per heavy atom. The number of para-hydroxylation sites is 3. The summed E-state index contributed by atoms with van der Waals surface area (Å²) in [5, 5.41) is 7.15. The zero-order chi connectivity index (χ0) is 39.1. The van der Waals surface area contributed by atoms with Gasteiger partial charge in [0.15, 0.2) is 0 Å². The summed E-state index contributed by atoms with van der Waals surface area (Å²) in [6.45, 7) is 0.750. The van der Waals surface area contributed by atoms with Crippen molar-refractivity contribution >= 4 is 40.1 Å². The van der Waals surface area contributed by atoms with Gasteiger partial charge < -0.3 is 20.1 Å². The number of hydrogen-bond acceptors (Lipinski definition) is 4. The van der Waals surface area contributed by atoms with Gasteiger partial charge in [0.25, 0.3) is 0 Å². The van der Waals surface area contributed by atoms with Crippen LogP contribution in [0, 0.1) is 0 Å². The minimum absolute atomic E-state index is 0.750. The SMILES string of the molecule is C1=CNCC(c2cnccc2Nc2cc(-c3ccccc3)cc(-c3cccc(N4c5ccccc5-c5c6c(n(-c7ccccc7)c5-c5ccccc54)C=CCC6)c3)c2)=C1. The first kappa shape index (κ1) is 34.6. The quantitative estimate of drug-likeness (QED) is 0.170. The van der Waals surface area contributed by atoms with Gasteiger partial charge in [-0.25, -0.2) is 0 Å². The summed E-state index contributed by atoms with van der Waals surface area (Å²) in [5.74, 6) is 0. The van der Waals surface area contributed by atoms with Crippen molar-refractivity contribution in [2.75, 3.05) is 16.8 Å². The van der Waals surface area contributed by atoms with Crippen LogP contribution in [0.1, 0.15) is 23.2 Å². The maximum absolute atomic E-state index is 4.49. The van der Waals surface area contributed by atoms with E-state index in [1.807, 2.05) is 24.7 Å². The number of nitrogens with one attached hydrogen (secondary N) is 2. The summed E-state index contributed by atoms with van der Waals surface area (Å²) in [6, 6.07) is 57.3. The molecule has 11 rings (SSSR count). The van der Waals surface area contributed by atoms with E-state index < -0.39 is 0 Å². The lowest BCUT2D eigenvalue weighted by Gasteiger charge is -2.28. The predicted molar refractivity (Wildman–Crippen MR) is 246 cm³/mol. The molecule has 0 amide bonds. The van der Waals surface area contributed by atoms with Crippen LogP contribution in [0.2, 0.25) is 0 Å². The highest BCUT2D eigenvalue weighted by molar-refractivity contribution is 6.04. The molecule has 0 bridgehead atoms. The molecule has 2 aliphatic heterocycles. The Kier molecular flexibility index (Phi) is 8.63. The normalized spacial score (nSPS) is 13.6. The van der Waals surface area contributed by atoms with E-state index in [9.17, 15) is 0 Å². The minimum Gasteiger partial charge on any atom is -0.387 e. The molecule has 1 aliphatic carbocycles. The second-order valence-corrected chi connectivity index (χ2v) is 15.3. The molecule has 0 unspecified atom stereocenters. The van der Waals surface area contributed by atoms with Gasteiger partial charge in [0.1, 0.15) is 0 Å². The van der Waals surface area contributed by atoms with Gasteiger partial charge in [-0.15, -0.1) is 0 Å². The molecule has 0 spiro atoms. The fourth-order valence-electron chi connectivity index (χ4n) is 9.08. The molecule has 0 radical (unpaired) electrons. The van der Waals surface area contributed by atoms with Gasteiger partial charge >= 0.3 is 0 Å². The van der Waals surface area contributed by atoms with Crippen LogP contribution in [0.5, 0.6) is 0 Å². The van der Waals surface area contributed by atoms with Gasteiger partial charge in [-0.1, -0.05) is 109 Å². The number of fused-ring (bicyclic) bond motifs is 7. The fourth-order valence-corrected chi connectivity index (χ4v) is 9.08. The fraction of sp³-hybridized carbons (Fsp3) is 0.0556. The molecular formula is C54H41N5. The lowest BCUT2D eigenvalue weighted by Crippen LogP contribution is -2.12. The van der Waals surface area contributed by atoms with Gasteiger partial charge in [0.2, 0.25) is 0 Å². The molecule has 6 aromatic carbocycles. The minimum atomic E-state index is 0.750. The molecule has 59 heavy (non-hydrogen) atoms. The maximum Gasteiger partial charge on any atom is 0.0637 e. The number of benzene rings is 6. The molecule has 0 atom stereocenters. The zero-order valence-corrected chi connectivity index (χ0v) is 32.5. The van der Waals surface area contributed by atoms with E-state index in [0.717, 1.165) is 70.0 Å². The Balaban J connectivity index is 1.08. The summed E-state index contributed by atoms with van der Waals surface area (Å²) in [4.78, 5) is 6.97. The van der Waals surface area contributed by atoms with Crippen molar-refractivity contribution < 1.29 is 0 Å². The molecule has 2 aromatic heterocycles. The van der Waals surface area contributed by atoms with Gasteiger partial charge in [-0.05, 0) is 125 Å². The Hall–Kier alpha value is -7.63. The van der Waals surface area contributed by atoms with Gasteiger partial charge in [0, 0.05) is 69.6 Å². The summed E-state index contributed by atoms with van der Waals surface area (Å²) in [7, 11) is 0. The summed E-state index contributed by atoms with van der Waals surface area (Å²) in [5.41, 5.74) is 21.2. The Bertz CT molecular complexity index is 2970. The number of hydrogen-bond donors (Lipinski definition) is 2. The molecule has 3 aliphatic rings. The third-order valence-corrected chi connectivity index (χ3v) is 11.7. The summed E-state index contributed by atoms with van der Waals surface area (Å²) >= 11 is 0. The van der Waals surface area contributed by atoms with E-state index in [-0.39, 0.29) is 0 Å². The van der Waals surface area contributed by atoms with Crippen LogP contribution in [0.3, 0.4) is 0 Å². The lowest BCUT2D eigenvalue weighted by atomic mass is 9.92. The molecule has 2 N–H and O–H groups in total. The summed E-state index contributed by atoms with van der Waals surface area (Å²) < 4.78 is 2.49. The highest BCUT2D eigenvalue weighted by atomic mass is 15.2. The standard InChI is InChI=1S/C54H41N5/c1-3-15-37(16-4-1)40-31-41(33-42(32-40)57-49-28-30-56-36-48(49)39-18-14-29-55-35-39)38-17-13-21-44(34-38)58-50-25-10-7-22-45(50)53-46-23-8-11-26-51(46)59(43-19-5-2-6-20-43)54(53)47-24-9-12-27-52(47)58/h1-7,9-22,24-34,36,55H,8,23,35H2,(H,56,57). The predicted octanol–water partition coefficient (Wildman–Crippen LogP) is 13.5. The van der Waals surface area contributed by atoms with E-state index >= 15 is 0 Å². The van der Waals surface area contributed by atoms with Crippen LogP contribution < -0.4 is 15.5 Å². The number of nitrogens with zero attached hydrogens (tertiary/aromatic N) is 3. The topological polar surface area (TPSA) is 45.1 Å². The first-order valence-corrected chi connectivity index (χ1v) is 20.4. The molecule has 8 aromatic rings. The van der Waals surface area contributed by atoms with Crippen molar-refractivity contribution in [2.45, 2.75) is 12.8 Å². The zero-order valence-electron chi connectivity index (χ0n) is 32.5. The van der Waals surface area contributed by atoms with Crippen LogP contribution >= 0.6 is 0 Å². The van der Waals surface area contributed by atoms with Gasteiger partial charge in [-0.2, -0.15) is 0 Å². The van der Waals surface area contributed by atoms with Crippen molar-refractivity contribution in [3.63, 3.8) is 0 Å². The van der Waals surface area contributed by atoms with E-state index in [0.29, 0.717) is 0 Å². The van der Waals surface area contributed by atoms with Crippen LogP contribution in [-0.2, 0) is 6.42 Å². The Labute approximate surface area is 345 Å². The monoisotopic (exact) mass is 759 g/mol. The Morgan fingerprint density at radius 1 is 0.610 bits per heavy atom. The van der Waals surface area contributed by atoms with Crippen molar-refractivity contribution in [3.8, 4) is 50.3 Å². The molecule has 0 fully saturated rings. The lowest BCUT2D eigenvalue weighted by molar-refractivity contribution is 0.960. The largest absolute Gasteiger partial charge is 0.387 e. The molecule has 0 saturated heterocycles. The number of anilines is 5. The molecule has 5 nitrogen and oxygen atoms in total. The average Bonchev–Trinajstić information content (AvgIpc) is 3.59. The van der Waals surface area contributed by atoms with Crippen molar-refractivity contribution in [2.24, 2.45) is 0 Å². The first-order valence-electron chi connectivity index (χ1n) is 20.4. The molecule has 0 saturated carbocycles. The maximum atomic E-state index is 4.49. The van der Waals surface area contributed by atoms with Crippen LogP contribution in [0.25, 0.3) is 62.0 Å². The number of pyridine rings is 1. The smallest absolute Gasteiger partial charge is 0.0637 e. The van der Waals surface area contributed by atoms with Crippen LogP contribution in [0.4, 0.5) is 28.4 Å². The molecule has 282 valence electrons. The van der Waals surface area contributed by atoms with Crippen molar-refractivity contribution in [3.05, 3.63) is 211 Å². The third kappa shape index (κ3) is 6.16. The van der Waals surface area contributed by atoms with Gasteiger partial charge in [0.05, 0.1) is 17.1 Å². The van der Waals surface area contributed by atoms with Crippen molar-refractivity contribution in [1.29, 1.82) is 0 Å². The van der Waals surface area contributed by atoms with Gasteiger partial charge in [-0.3, -0.25) is 4.98 Å². The highest BCUT2D eigenvalue weighted by Crippen LogP contribution is 2.54. The van der Waals surface area contributed by atoms with E-state index in [1.54, 1.807) is 0 Å². The number of aromatic nitrogens is 2. The number of dihydropyridines is 1. The molecular weight excluding hydrogens is 719 g/mol. The molecule has 4 heterocycles. The first-order chi connectivity index (χ1) is 29.3. The van der Waals surface area contributed by atoms with Crippen LogP contribution in [-0.4, -0.2) is 16.1 Å². The number of allylic oxidation sites excluding steroid dienone is 3. The van der Waals surface area contributed by atoms with Crippen LogP contribution in [0.15, 0.2) is 195 Å². The van der Waals surface area contributed by atoms with E-state index in [2.05, 4.69) is 201 Å². The Morgan fingerprint density at radius 2 is 1.32 bits per heavy atom. The summed E-state index contributed by atoms with van der Waals surface area (Å²) in [6.07, 6.45) is 16.7. The second-order valence-electron chi connectivity index (χ2n) is 15.3. The highest BCUT2D eigenvalue weighted by Gasteiger charge is 2.33. The number of rotatable bonds is 7. The average molecular weight is 760 g/mol. The molecule has 5 heteroatoms. The van der Waals surface area contributed by atoms with Crippen molar-refractivity contribution in [1.82, 2.24) is 14.9 Å². The van der Waals surface area contributed by atoms with E-state index in [1.165, 1.54) is 50.6 Å².